The summed E-state index contributed by atoms with van der Waals surface area (Å²) in [4.78, 5) is 9.11. The molecule has 1 aromatic heterocycles. The molecule has 0 unspecified atom stereocenters. The van der Waals surface area contributed by atoms with Crippen molar-refractivity contribution in [1.29, 1.82) is 0 Å². The quantitative estimate of drug-likeness (QED) is 0.651. The van der Waals surface area contributed by atoms with Crippen LogP contribution in [-0.2, 0) is 6.54 Å². The van der Waals surface area contributed by atoms with Crippen LogP contribution in [-0.4, -0.2) is 67.5 Å². The predicted molar refractivity (Wildman–Crippen MR) is 105 cm³/mol. The number of rotatable bonds is 5. The number of anilines is 1. The number of para-hydroxylation sites is 2. The number of aromatic nitrogens is 2. The molecule has 0 saturated carbocycles. The van der Waals surface area contributed by atoms with Gasteiger partial charge in [0.05, 0.1) is 25.5 Å². The number of nitrogens with zero attached hydrogens (tertiary/aromatic N) is 5. The van der Waals surface area contributed by atoms with Crippen molar-refractivity contribution < 1.29 is 4.74 Å². The normalized spacial score (nSPS) is 15.3. The van der Waals surface area contributed by atoms with Crippen LogP contribution < -0.4 is 15.0 Å². The number of aryl methyl sites for hydroxylation is 1. The highest BCUT2D eigenvalue weighted by atomic mass is 16.5. The first-order chi connectivity index (χ1) is 12.7. The highest BCUT2D eigenvalue weighted by molar-refractivity contribution is 5.80. The molecule has 0 spiro atoms. The molecule has 1 aliphatic heterocycles. The second kappa shape index (κ2) is 8.60. The van der Waals surface area contributed by atoms with Crippen molar-refractivity contribution in [2.75, 3.05) is 51.8 Å². The van der Waals surface area contributed by atoms with Crippen LogP contribution in [0.25, 0.3) is 0 Å². The van der Waals surface area contributed by atoms with E-state index in [1.165, 1.54) is 5.56 Å². The number of benzene rings is 1. The lowest BCUT2D eigenvalue weighted by molar-refractivity contribution is 0.366. The van der Waals surface area contributed by atoms with Crippen molar-refractivity contribution in [3.05, 3.63) is 42.2 Å². The average Bonchev–Trinajstić information content (AvgIpc) is 3.10. The summed E-state index contributed by atoms with van der Waals surface area (Å²) in [7, 11) is 3.56. The Hall–Kier alpha value is -2.70. The van der Waals surface area contributed by atoms with Gasteiger partial charge in [0, 0.05) is 46.0 Å². The van der Waals surface area contributed by atoms with E-state index in [2.05, 4.69) is 50.5 Å². The van der Waals surface area contributed by atoms with E-state index in [9.17, 15) is 0 Å². The molecule has 1 aromatic carbocycles. The summed E-state index contributed by atoms with van der Waals surface area (Å²) in [6.07, 6.45) is 3.93. The SMILES string of the molecule is CN=C(NCCn1cc(C)cn1)N1CCN(c2ccccc2OC)CC1. The second-order valence-corrected chi connectivity index (χ2v) is 6.40. The summed E-state index contributed by atoms with van der Waals surface area (Å²) in [5.74, 6) is 1.88. The number of aliphatic imine (C=N–C) groups is 1. The third-order valence-corrected chi connectivity index (χ3v) is 4.60. The van der Waals surface area contributed by atoms with E-state index in [-0.39, 0.29) is 0 Å². The number of ether oxygens (including phenoxy) is 1. The molecule has 2 heterocycles. The Bertz CT molecular complexity index is 733. The third-order valence-electron chi connectivity index (χ3n) is 4.60. The summed E-state index contributed by atoms with van der Waals surface area (Å²) in [6, 6.07) is 8.19. The maximum Gasteiger partial charge on any atom is 0.193 e. The summed E-state index contributed by atoms with van der Waals surface area (Å²) in [5, 5.41) is 7.76. The highest BCUT2D eigenvalue weighted by Gasteiger charge is 2.21. The van der Waals surface area contributed by atoms with Crippen molar-refractivity contribution >= 4 is 11.6 Å². The number of piperazine rings is 1. The van der Waals surface area contributed by atoms with E-state index < -0.39 is 0 Å². The first-order valence-corrected chi connectivity index (χ1v) is 9.04. The van der Waals surface area contributed by atoms with Gasteiger partial charge in [0.1, 0.15) is 5.75 Å². The fourth-order valence-corrected chi connectivity index (χ4v) is 3.25. The zero-order valence-corrected chi connectivity index (χ0v) is 15.9. The van der Waals surface area contributed by atoms with Gasteiger partial charge in [-0.25, -0.2) is 0 Å². The molecule has 2 aromatic rings. The van der Waals surface area contributed by atoms with Crippen molar-refractivity contribution in [2.45, 2.75) is 13.5 Å². The van der Waals surface area contributed by atoms with E-state index in [4.69, 9.17) is 4.74 Å². The lowest BCUT2D eigenvalue weighted by atomic mass is 10.2. The van der Waals surface area contributed by atoms with Gasteiger partial charge < -0.3 is 19.9 Å². The molecule has 1 aliphatic rings. The van der Waals surface area contributed by atoms with Crippen LogP contribution in [0.15, 0.2) is 41.7 Å². The van der Waals surface area contributed by atoms with Crippen molar-refractivity contribution in [1.82, 2.24) is 20.0 Å². The Morgan fingerprint density at radius 3 is 2.65 bits per heavy atom. The van der Waals surface area contributed by atoms with E-state index >= 15 is 0 Å². The molecule has 0 bridgehead atoms. The van der Waals surface area contributed by atoms with Gasteiger partial charge in [-0.2, -0.15) is 5.10 Å². The highest BCUT2D eigenvalue weighted by Crippen LogP contribution is 2.28. The van der Waals surface area contributed by atoms with Crippen LogP contribution in [0.2, 0.25) is 0 Å². The lowest BCUT2D eigenvalue weighted by Crippen LogP contribution is -2.53. The van der Waals surface area contributed by atoms with Crippen LogP contribution in [0.1, 0.15) is 5.56 Å². The molecule has 0 atom stereocenters. The van der Waals surface area contributed by atoms with E-state index in [1.807, 2.05) is 30.1 Å². The summed E-state index contributed by atoms with van der Waals surface area (Å²) >= 11 is 0. The van der Waals surface area contributed by atoms with Crippen LogP contribution in [0, 0.1) is 6.92 Å². The summed E-state index contributed by atoms with van der Waals surface area (Å²) in [5.41, 5.74) is 2.34. The molecular weight excluding hydrogens is 328 g/mol. The zero-order valence-electron chi connectivity index (χ0n) is 15.9. The van der Waals surface area contributed by atoms with Gasteiger partial charge >= 0.3 is 0 Å². The van der Waals surface area contributed by atoms with E-state index in [1.54, 1.807) is 7.11 Å². The smallest absolute Gasteiger partial charge is 0.193 e. The van der Waals surface area contributed by atoms with Gasteiger partial charge in [0.25, 0.3) is 0 Å². The Morgan fingerprint density at radius 2 is 2.00 bits per heavy atom. The molecule has 7 heteroatoms. The summed E-state index contributed by atoms with van der Waals surface area (Å²) in [6.45, 7) is 7.43. The molecule has 0 radical (unpaired) electrons. The molecule has 0 aliphatic carbocycles. The van der Waals surface area contributed by atoms with Crippen LogP contribution >= 0.6 is 0 Å². The van der Waals surface area contributed by atoms with Crippen molar-refractivity contribution in [3.8, 4) is 5.75 Å². The first-order valence-electron chi connectivity index (χ1n) is 9.04. The molecule has 0 amide bonds. The van der Waals surface area contributed by atoms with E-state index in [0.29, 0.717) is 0 Å². The molecule has 1 fully saturated rings. The average molecular weight is 356 g/mol. The first kappa shape index (κ1) is 18.1. The molecule has 7 nitrogen and oxygen atoms in total. The molecular formula is C19H28N6O. The standard InChI is InChI=1S/C19H28N6O/c1-16-14-22-25(15-16)9-8-21-19(20-2)24-12-10-23(11-13-24)17-6-4-5-7-18(17)26-3/h4-7,14-15H,8-13H2,1-3H3,(H,20,21). The molecule has 140 valence electrons. The molecule has 26 heavy (non-hydrogen) atoms. The molecule has 1 N–H and O–H groups in total. The topological polar surface area (TPSA) is 57.9 Å². The fraction of sp³-hybridized carbons (Fsp3) is 0.474. The van der Waals surface area contributed by atoms with Gasteiger partial charge in [0.2, 0.25) is 0 Å². The minimum atomic E-state index is 0.806. The lowest BCUT2D eigenvalue weighted by Gasteiger charge is -2.38. The maximum atomic E-state index is 5.49. The predicted octanol–water partition coefficient (Wildman–Crippen LogP) is 1.60. The largest absolute Gasteiger partial charge is 0.495 e. The number of hydrogen-bond acceptors (Lipinski definition) is 4. The fourth-order valence-electron chi connectivity index (χ4n) is 3.25. The van der Waals surface area contributed by atoms with Crippen molar-refractivity contribution in [3.63, 3.8) is 0 Å². The van der Waals surface area contributed by atoms with Crippen molar-refractivity contribution in [2.24, 2.45) is 4.99 Å². The zero-order chi connectivity index (χ0) is 18.4. The Kier molecular flexibility index (Phi) is 5.99. The molecule has 1 saturated heterocycles. The Morgan fingerprint density at radius 1 is 1.23 bits per heavy atom. The number of hydrogen-bond donors (Lipinski definition) is 1. The second-order valence-electron chi connectivity index (χ2n) is 6.40. The van der Waals surface area contributed by atoms with Crippen LogP contribution in [0.3, 0.4) is 0 Å². The maximum absolute atomic E-state index is 5.49. The monoisotopic (exact) mass is 356 g/mol. The van der Waals surface area contributed by atoms with Gasteiger partial charge in [-0.1, -0.05) is 12.1 Å². The summed E-state index contributed by atoms with van der Waals surface area (Å²) < 4.78 is 7.44. The van der Waals surface area contributed by atoms with E-state index in [0.717, 1.165) is 56.7 Å². The minimum absolute atomic E-state index is 0.806. The van der Waals surface area contributed by atoms with Gasteiger partial charge in [-0.05, 0) is 24.6 Å². The van der Waals surface area contributed by atoms with Gasteiger partial charge in [-0.3, -0.25) is 9.67 Å². The van der Waals surface area contributed by atoms with Gasteiger partial charge in [-0.15, -0.1) is 0 Å². The Labute approximate surface area is 155 Å². The van der Waals surface area contributed by atoms with Crippen LogP contribution in [0.4, 0.5) is 5.69 Å². The minimum Gasteiger partial charge on any atom is -0.495 e. The Balaban J connectivity index is 1.51. The van der Waals surface area contributed by atoms with Crippen LogP contribution in [0.5, 0.6) is 5.75 Å². The number of methoxy groups -OCH3 is 1. The number of nitrogens with one attached hydrogen (secondary N) is 1. The third kappa shape index (κ3) is 4.28. The van der Waals surface area contributed by atoms with Gasteiger partial charge in [0.15, 0.2) is 5.96 Å². The number of guanidine groups is 1. The molecule has 3 rings (SSSR count).